The summed E-state index contributed by atoms with van der Waals surface area (Å²) in [5.74, 6) is 0.142. The maximum atomic E-state index is 13.1. The molecule has 7 heteroatoms. The van der Waals surface area contributed by atoms with E-state index >= 15 is 0 Å². The van der Waals surface area contributed by atoms with Crippen molar-refractivity contribution in [2.45, 2.75) is 80.1 Å². The van der Waals surface area contributed by atoms with E-state index in [2.05, 4.69) is 76.1 Å². The number of allylic oxidation sites excluding steroid dienone is 3. The smallest absolute Gasteiger partial charge is 0.311 e. The number of hydrogen-bond donors (Lipinski definition) is 1. The van der Waals surface area contributed by atoms with E-state index in [1.165, 1.54) is 23.8 Å². The average molecular weight is 655 g/mol. The summed E-state index contributed by atoms with van der Waals surface area (Å²) >= 11 is 0. The molecule has 0 unspecified atom stereocenters. The number of aryl methyl sites for hydroxylation is 1. The molecule has 1 amide bonds. The highest BCUT2D eigenvalue weighted by Gasteiger charge is 2.68. The molecule has 2 fully saturated rings. The van der Waals surface area contributed by atoms with E-state index in [9.17, 15) is 9.59 Å². The number of amides is 1. The molecule has 0 radical (unpaired) electrons. The molecule has 2 aromatic heterocycles. The van der Waals surface area contributed by atoms with Crippen LogP contribution < -0.4 is 5.32 Å². The first kappa shape index (κ1) is 31.9. The van der Waals surface area contributed by atoms with E-state index < -0.39 is 5.41 Å². The van der Waals surface area contributed by atoms with Gasteiger partial charge < -0.3 is 10.1 Å². The molecule has 0 aliphatic heterocycles. The van der Waals surface area contributed by atoms with Crippen LogP contribution in [-0.4, -0.2) is 33.9 Å². The first-order chi connectivity index (χ1) is 23.3. The number of esters is 1. The summed E-state index contributed by atoms with van der Waals surface area (Å²) < 4.78 is 5.36. The fourth-order valence-corrected chi connectivity index (χ4v) is 10.6. The summed E-state index contributed by atoms with van der Waals surface area (Å²) in [5, 5.41) is 2.94. The monoisotopic (exact) mass is 654 g/mol. The normalized spacial score (nSPS) is 33.1. The van der Waals surface area contributed by atoms with Gasteiger partial charge in [-0.2, -0.15) is 0 Å². The minimum absolute atomic E-state index is 0.00489. The Kier molecular flexibility index (Phi) is 6.86. The molecule has 49 heavy (non-hydrogen) atoms. The SMILES string of the molecule is COC(=O)[C@]1(C)CC[C@]2(C)CC[C@@]3(C)[C@@](C)(CC=C4c5cc6nc7cc(C(=O)Nc8ccncc8)ccc7nc6c(C)c5C=C[C@]43C)[C@@H]2C1. The van der Waals surface area contributed by atoms with E-state index in [4.69, 9.17) is 14.7 Å². The standard InChI is InChI=1S/C42H46N4O3/c1-25-28-10-14-40(4)30(11-15-41(5)34-24-39(3,37(48)49-7)17-16-38(34,2)18-19-42(40,41)6)29(28)23-33-35(25)46-31-9-8-26(22-32(31)45-33)36(47)44-27-12-20-43-21-13-27/h8-14,20-23,34H,15-19,24H2,1-7H3,(H,43,44,47)/t34-,38-,39-,40-,41+,42-/m1/s1. The lowest BCUT2D eigenvalue weighted by Gasteiger charge is -2.70. The van der Waals surface area contributed by atoms with Crippen LogP contribution in [0.5, 0.6) is 0 Å². The van der Waals surface area contributed by atoms with E-state index in [0.29, 0.717) is 22.7 Å². The van der Waals surface area contributed by atoms with Gasteiger partial charge in [-0.15, -0.1) is 0 Å². The third-order valence-electron chi connectivity index (χ3n) is 14.2. The van der Waals surface area contributed by atoms with Crippen LogP contribution in [0.1, 0.15) is 100 Å². The maximum Gasteiger partial charge on any atom is 0.311 e. The van der Waals surface area contributed by atoms with Crippen molar-refractivity contribution < 1.29 is 14.3 Å². The van der Waals surface area contributed by atoms with Crippen LogP contribution in [-0.2, 0) is 9.53 Å². The Labute approximate surface area is 288 Å². The third-order valence-corrected chi connectivity index (χ3v) is 14.2. The fraction of sp³-hybridized carbons (Fsp3) is 0.452. The van der Waals surface area contributed by atoms with Gasteiger partial charge in [0, 0.05) is 29.1 Å². The topological polar surface area (TPSA) is 94.1 Å². The number of methoxy groups -OCH3 is 1. The minimum Gasteiger partial charge on any atom is -0.469 e. The lowest BCUT2D eigenvalue weighted by atomic mass is 9.33. The molecule has 2 heterocycles. The van der Waals surface area contributed by atoms with Crippen molar-refractivity contribution >= 4 is 51.3 Å². The molecule has 6 atom stereocenters. The van der Waals surface area contributed by atoms with Crippen LogP contribution >= 0.6 is 0 Å². The number of nitrogens with zero attached hydrogens (tertiary/aromatic N) is 3. The van der Waals surface area contributed by atoms with Crippen LogP contribution in [0.25, 0.3) is 33.7 Å². The Morgan fingerprint density at radius 3 is 2.41 bits per heavy atom. The van der Waals surface area contributed by atoms with Gasteiger partial charge in [-0.3, -0.25) is 14.6 Å². The minimum atomic E-state index is -0.447. The number of carbonyl (C=O) groups excluding carboxylic acids is 2. The van der Waals surface area contributed by atoms with Crippen molar-refractivity contribution in [3.8, 4) is 0 Å². The van der Waals surface area contributed by atoms with Gasteiger partial charge in [0.25, 0.3) is 5.91 Å². The van der Waals surface area contributed by atoms with Crippen molar-refractivity contribution in [1.29, 1.82) is 0 Å². The summed E-state index contributed by atoms with van der Waals surface area (Å²) in [6.07, 6.45) is 16.7. The molecular weight excluding hydrogens is 608 g/mol. The highest BCUT2D eigenvalue weighted by atomic mass is 16.5. The van der Waals surface area contributed by atoms with Crippen LogP contribution in [0.3, 0.4) is 0 Å². The van der Waals surface area contributed by atoms with Crippen molar-refractivity contribution in [2.75, 3.05) is 12.4 Å². The second kappa shape index (κ2) is 10.6. The number of hydrogen-bond acceptors (Lipinski definition) is 6. The van der Waals surface area contributed by atoms with E-state index in [1.54, 1.807) is 30.6 Å². The number of benzene rings is 2. The molecule has 252 valence electrons. The summed E-state index contributed by atoms with van der Waals surface area (Å²) in [7, 11) is 1.54. The largest absolute Gasteiger partial charge is 0.469 e. The zero-order valence-corrected chi connectivity index (χ0v) is 29.7. The van der Waals surface area contributed by atoms with Gasteiger partial charge in [0.2, 0.25) is 0 Å². The van der Waals surface area contributed by atoms with Crippen molar-refractivity contribution in [1.82, 2.24) is 15.0 Å². The first-order valence-electron chi connectivity index (χ1n) is 17.7. The molecule has 2 aromatic carbocycles. The third kappa shape index (κ3) is 4.36. The molecule has 1 N–H and O–H groups in total. The Morgan fingerprint density at radius 2 is 1.65 bits per heavy atom. The molecule has 8 rings (SSSR count). The summed E-state index contributed by atoms with van der Waals surface area (Å²) in [5.41, 5.74) is 8.88. The van der Waals surface area contributed by atoms with Gasteiger partial charge in [-0.05, 0) is 133 Å². The van der Waals surface area contributed by atoms with Crippen LogP contribution in [0.2, 0.25) is 0 Å². The number of rotatable bonds is 3. The Balaban J connectivity index is 1.21. The van der Waals surface area contributed by atoms with Crippen molar-refractivity contribution in [2.24, 2.45) is 33.0 Å². The lowest BCUT2D eigenvalue weighted by Crippen LogP contribution is -2.63. The highest BCUT2D eigenvalue weighted by molar-refractivity contribution is 6.06. The number of anilines is 1. The maximum absolute atomic E-state index is 13.1. The van der Waals surface area contributed by atoms with Crippen LogP contribution in [0, 0.1) is 39.9 Å². The second-order valence-corrected chi connectivity index (χ2v) is 16.5. The van der Waals surface area contributed by atoms with E-state index in [0.717, 1.165) is 60.6 Å². The zero-order chi connectivity index (χ0) is 34.6. The molecule has 7 nitrogen and oxygen atoms in total. The predicted molar refractivity (Wildman–Crippen MR) is 195 cm³/mol. The quantitative estimate of drug-likeness (QED) is 0.175. The molecule has 4 aliphatic carbocycles. The van der Waals surface area contributed by atoms with Gasteiger partial charge in [0.15, 0.2) is 0 Å². The molecule has 0 spiro atoms. The van der Waals surface area contributed by atoms with Gasteiger partial charge in [0.05, 0.1) is 34.6 Å². The Hall–Kier alpha value is -4.39. The van der Waals surface area contributed by atoms with Gasteiger partial charge in [-0.25, -0.2) is 9.97 Å². The number of ether oxygens (including phenoxy) is 1. The number of nitrogens with one attached hydrogen (secondary N) is 1. The van der Waals surface area contributed by atoms with E-state index in [-0.39, 0.29) is 33.5 Å². The number of carbonyl (C=O) groups is 2. The lowest BCUT2D eigenvalue weighted by molar-refractivity contribution is -0.190. The van der Waals surface area contributed by atoms with Gasteiger partial charge in [-0.1, -0.05) is 45.9 Å². The predicted octanol–water partition coefficient (Wildman–Crippen LogP) is 9.35. The molecule has 0 bridgehead atoms. The number of fused-ring (bicyclic) bond motifs is 9. The fourth-order valence-electron chi connectivity index (χ4n) is 10.6. The summed E-state index contributed by atoms with van der Waals surface area (Å²) in [6, 6.07) is 11.3. The number of aromatic nitrogens is 3. The molecular formula is C42H46N4O3. The summed E-state index contributed by atoms with van der Waals surface area (Å²) in [6.45, 7) is 14.3. The molecule has 4 aliphatic rings. The zero-order valence-electron chi connectivity index (χ0n) is 29.7. The Morgan fingerprint density at radius 1 is 0.898 bits per heavy atom. The van der Waals surface area contributed by atoms with Gasteiger partial charge >= 0.3 is 5.97 Å². The molecule has 0 saturated heterocycles. The van der Waals surface area contributed by atoms with Crippen molar-refractivity contribution in [3.05, 3.63) is 83.2 Å². The first-order valence-corrected chi connectivity index (χ1v) is 17.7. The van der Waals surface area contributed by atoms with Crippen molar-refractivity contribution in [3.63, 3.8) is 0 Å². The average Bonchev–Trinajstić information content (AvgIpc) is 3.09. The molecule has 2 saturated carbocycles. The summed E-state index contributed by atoms with van der Waals surface area (Å²) in [4.78, 5) is 40.4. The highest BCUT2D eigenvalue weighted by Crippen LogP contribution is 2.76. The number of pyridine rings is 1. The van der Waals surface area contributed by atoms with Crippen LogP contribution in [0.15, 0.2) is 60.9 Å². The van der Waals surface area contributed by atoms with Gasteiger partial charge in [0.1, 0.15) is 0 Å². The van der Waals surface area contributed by atoms with Crippen LogP contribution in [0.4, 0.5) is 5.69 Å². The second-order valence-electron chi connectivity index (χ2n) is 16.5. The molecule has 4 aromatic rings. The Bertz CT molecular complexity index is 2140. The van der Waals surface area contributed by atoms with E-state index in [1.807, 2.05) is 12.1 Å².